The van der Waals surface area contributed by atoms with E-state index in [2.05, 4.69) is 72.1 Å². The van der Waals surface area contributed by atoms with Crippen LogP contribution in [-0.4, -0.2) is 51.3 Å². The first kappa shape index (κ1) is 20.1. The molecule has 1 unspecified atom stereocenters. The second kappa shape index (κ2) is 8.57. The lowest BCUT2D eigenvalue weighted by atomic mass is 10.0. The number of hydrogen-bond acceptors (Lipinski definition) is 5. The molecule has 3 rings (SSSR count). The van der Waals surface area contributed by atoms with Crippen LogP contribution in [0.3, 0.4) is 0 Å². The Morgan fingerprint density at radius 1 is 1.07 bits per heavy atom. The van der Waals surface area contributed by atoms with Gasteiger partial charge in [-0.15, -0.1) is 5.10 Å². The Morgan fingerprint density at radius 3 is 2.41 bits per heavy atom. The van der Waals surface area contributed by atoms with Crippen molar-refractivity contribution in [2.45, 2.75) is 53.1 Å². The van der Waals surface area contributed by atoms with Crippen LogP contribution < -0.4 is 4.90 Å². The molecule has 0 aliphatic carbocycles. The van der Waals surface area contributed by atoms with Crippen LogP contribution in [0.25, 0.3) is 0 Å². The van der Waals surface area contributed by atoms with Gasteiger partial charge in [0.25, 0.3) is 0 Å². The highest BCUT2D eigenvalue weighted by molar-refractivity contribution is 6.30. The van der Waals surface area contributed by atoms with Gasteiger partial charge < -0.3 is 4.90 Å². The summed E-state index contributed by atoms with van der Waals surface area (Å²) in [6.45, 7) is 14.9. The highest BCUT2D eigenvalue weighted by Crippen LogP contribution is 2.31. The number of hydrogen-bond donors (Lipinski definition) is 0. The zero-order valence-corrected chi connectivity index (χ0v) is 17.8. The van der Waals surface area contributed by atoms with Gasteiger partial charge in [-0.25, -0.2) is 4.68 Å². The lowest BCUT2D eigenvalue weighted by Crippen LogP contribution is -2.48. The van der Waals surface area contributed by atoms with E-state index >= 15 is 0 Å². The largest absolute Gasteiger partial charge is 0.369 e. The van der Waals surface area contributed by atoms with Crippen LogP contribution in [0.2, 0.25) is 5.02 Å². The van der Waals surface area contributed by atoms with Crippen molar-refractivity contribution in [1.82, 2.24) is 25.1 Å². The molecule has 0 radical (unpaired) electrons. The van der Waals surface area contributed by atoms with E-state index in [1.54, 1.807) is 0 Å². The maximum absolute atomic E-state index is 6.23. The first-order valence-electron chi connectivity index (χ1n) is 9.89. The fraction of sp³-hybridized carbons (Fsp3) is 0.650. The number of aryl methyl sites for hydroxylation is 1. The van der Waals surface area contributed by atoms with Gasteiger partial charge in [-0.05, 0) is 61.2 Å². The summed E-state index contributed by atoms with van der Waals surface area (Å²) in [5, 5.41) is 13.4. The Morgan fingerprint density at radius 2 is 1.78 bits per heavy atom. The molecule has 0 spiro atoms. The summed E-state index contributed by atoms with van der Waals surface area (Å²) < 4.78 is 1.97. The SMILES string of the molecule is Cc1ccc(Cl)cc1N1CCN(C(CC(C)C)c2nnnn2C(C)C)CC1. The molecule has 1 atom stereocenters. The number of rotatable bonds is 6. The number of tetrazole rings is 1. The highest BCUT2D eigenvalue weighted by atomic mass is 35.5. The summed E-state index contributed by atoms with van der Waals surface area (Å²) in [5.74, 6) is 1.58. The predicted octanol–water partition coefficient (Wildman–Crippen LogP) is 4.13. The third kappa shape index (κ3) is 4.61. The summed E-state index contributed by atoms with van der Waals surface area (Å²) in [7, 11) is 0. The maximum atomic E-state index is 6.23. The van der Waals surface area contributed by atoms with Crippen LogP contribution in [0.15, 0.2) is 18.2 Å². The van der Waals surface area contributed by atoms with Crippen molar-refractivity contribution in [1.29, 1.82) is 0 Å². The number of piperazine rings is 1. The predicted molar refractivity (Wildman–Crippen MR) is 110 cm³/mol. The van der Waals surface area contributed by atoms with E-state index in [9.17, 15) is 0 Å². The van der Waals surface area contributed by atoms with Crippen molar-refractivity contribution in [3.63, 3.8) is 0 Å². The van der Waals surface area contributed by atoms with Gasteiger partial charge in [0.1, 0.15) is 0 Å². The minimum atomic E-state index is 0.255. The van der Waals surface area contributed by atoms with Gasteiger partial charge in [-0.2, -0.15) is 0 Å². The molecule has 1 aromatic heterocycles. The van der Waals surface area contributed by atoms with Crippen molar-refractivity contribution in [3.8, 4) is 0 Å². The second-order valence-corrected chi connectivity index (χ2v) is 8.61. The Bertz CT molecular complexity index is 749. The van der Waals surface area contributed by atoms with E-state index in [4.69, 9.17) is 11.6 Å². The van der Waals surface area contributed by atoms with E-state index in [0.717, 1.165) is 43.4 Å². The van der Waals surface area contributed by atoms with Crippen molar-refractivity contribution in [2.75, 3.05) is 31.1 Å². The van der Waals surface area contributed by atoms with E-state index in [0.29, 0.717) is 5.92 Å². The van der Waals surface area contributed by atoms with Crippen molar-refractivity contribution >= 4 is 17.3 Å². The number of halogens is 1. The van der Waals surface area contributed by atoms with E-state index < -0.39 is 0 Å². The summed E-state index contributed by atoms with van der Waals surface area (Å²) in [6.07, 6.45) is 1.06. The minimum absolute atomic E-state index is 0.255. The number of aromatic nitrogens is 4. The van der Waals surface area contributed by atoms with Crippen LogP contribution >= 0.6 is 11.6 Å². The summed E-state index contributed by atoms with van der Waals surface area (Å²) in [5.41, 5.74) is 2.52. The van der Waals surface area contributed by atoms with Gasteiger partial charge in [0.15, 0.2) is 5.82 Å². The molecule has 0 N–H and O–H groups in total. The molecule has 0 bridgehead atoms. The van der Waals surface area contributed by atoms with Crippen LogP contribution in [0.1, 0.15) is 57.6 Å². The first-order valence-corrected chi connectivity index (χ1v) is 10.3. The standard InChI is InChI=1S/C20H31ClN6/c1-14(2)12-19(20-22-23-24-27(20)15(3)4)26-10-8-25(9-11-26)18-13-17(21)7-6-16(18)5/h6-7,13-15,19H,8-12H2,1-5H3. The normalized spacial score (nSPS) is 17.1. The Labute approximate surface area is 167 Å². The maximum Gasteiger partial charge on any atom is 0.168 e. The molecule has 2 heterocycles. The van der Waals surface area contributed by atoms with Gasteiger partial charge >= 0.3 is 0 Å². The van der Waals surface area contributed by atoms with E-state index in [-0.39, 0.29) is 12.1 Å². The molecule has 0 saturated carbocycles. The van der Waals surface area contributed by atoms with Crippen LogP contribution in [0.5, 0.6) is 0 Å². The molecule has 2 aromatic rings. The fourth-order valence-corrected chi connectivity index (χ4v) is 4.02. The molecular weight excluding hydrogens is 360 g/mol. The van der Waals surface area contributed by atoms with Crippen molar-refractivity contribution < 1.29 is 0 Å². The zero-order valence-electron chi connectivity index (χ0n) is 17.1. The van der Waals surface area contributed by atoms with Gasteiger partial charge in [0.2, 0.25) is 0 Å². The number of anilines is 1. The Balaban J connectivity index is 1.76. The molecule has 0 amide bonds. The van der Waals surface area contributed by atoms with Gasteiger partial charge in [-0.1, -0.05) is 31.5 Å². The molecule has 1 aliphatic rings. The van der Waals surface area contributed by atoms with E-state index in [1.807, 2.05) is 10.7 Å². The molecule has 7 heteroatoms. The van der Waals surface area contributed by atoms with Crippen molar-refractivity contribution in [3.05, 3.63) is 34.6 Å². The minimum Gasteiger partial charge on any atom is -0.369 e. The molecule has 1 saturated heterocycles. The number of nitrogens with zero attached hydrogens (tertiary/aromatic N) is 6. The third-order valence-corrected chi connectivity index (χ3v) is 5.50. The molecule has 1 aromatic carbocycles. The average molecular weight is 391 g/mol. The monoisotopic (exact) mass is 390 g/mol. The van der Waals surface area contributed by atoms with Crippen LogP contribution in [0, 0.1) is 12.8 Å². The molecule has 1 aliphatic heterocycles. The molecular formula is C20H31ClN6. The number of benzene rings is 1. The summed E-state index contributed by atoms with van der Waals surface area (Å²) in [6, 6.07) is 6.66. The van der Waals surface area contributed by atoms with Crippen LogP contribution in [-0.2, 0) is 0 Å². The highest BCUT2D eigenvalue weighted by Gasteiger charge is 2.30. The lowest BCUT2D eigenvalue weighted by Gasteiger charge is -2.40. The summed E-state index contributed by atoms with van der Waals surface area (Å²) in [4.78, 5) is 4.98. The third-order valence-electron chi connectivity index (χ3n) is 5.27. The average Bonchev–Trinajstić information content (AvgIpc) is 3.11. The molecule has 6 nitrogen and oxygen atoms in total. The van der Waals surface area contributed by atoms with Gasteiger partial charge in [-0.3, -0.25) is 4.90 Å². The lowest BCUT2D eigenvalue weighted by molar-refractivity contribution is 0.151. The molecule has 148 valence electrons. The summed E-state index contributed by atoms with van der Waals surface area (Å²) >= 11 is 6.23. The zero-order chi connectivity index (χ0) is 19.6. The first-order chi connectivity index (χ1) is 12.9. The topological polar surface area (TPSA) is 50.1 Å². The Hall–Kier alpha value is -1.66. The van der Waals surface area contributed by atoms with Gasteiger partial charge in [0, 0.05) is 36.9 Å². The fourth-order valence-electron chi connectivity index (χ4n) is 3.85. The van der Waals surface area contributed by atoms with Crippen LogP contribution in [0.4, 0.5) is 5.69 Å². The van der Waals surface area contributed by atoms with E-state index in [1.165, 1.54) is 11.3 Å². The molecule has 1 fully saturated rings. The molecule has 27 heavy (non-hydrogen) atoms. The smallest absolute Gasteiger partial charge is 0.168 e. The Kier molecular flexibility index (Phi) is 6.37. The van der Waals surface area contributed by atoms with Gasteiger partial charge in [0.05, 0.1) is 12.1 Å². The second-order valence-electron chi connectivity index (χ2n) is 8.17. The quantitative estimate of drug-likeness (QED) is 0.742. The van der Waals surface area contributed by atoms with Crippen molar-refractivity contribution in [2.24, 2.45) is 5.92 Å².